The lowest BCUT2D eigenvalue weighted by Gasteiger charge is -2.28. The molecule has 1 aliphatic rings. The second kappa shape index (κ2) is 8.51. The van der Waals surface area contributed by atoms with Crippen LogP contribution in [0.5, 0.6) is 0 Å². The van der Waals surface area contributed by atoms with E-state index in [1.165, 1.54) is 6.92 Å². The molecule has 0 bridgehead atoms. The number of benzene rings is 2. The number of thiophene rings is 1. The van der Waals surface area contributed by atoms with Gasteiger partial charge in [0.25, 0.3) is 0 Å². The first kappa shape index (κ1) is 20.8. The van der Waals surface area contributed by atoms with E-state index < -0.39 is 0 Å². The van der Waals surface area contributed by atoms with Gasteiger partial charge in [-0.1, -0.05) is 24.3 Å². The van der Waals surface area contributed by atoms with Crippen molar-refractivity contribution >= 4 is 49.9 Å². The highest BCUT2D eigenvalue weighted by atomic mass is 32.1. The van der Waals surface area contributed by atoms with Crippen LogP contribution in [0.1, 0.15) is 6.92 Å². The molecule has 4 heterocycles. The van der Waals surface area contributed by atoms with E-state index in [2.05, 4.69) is 26.5 Å². The molecule has 1 aliphatic heterocycles. The third-order valence-electron chi connectivity index (χ3n) is 5.88. The maximum absolute atomic E-state index is 11.5. The highest BCUT2D eigenvalue weighted by Crippen LogP contribution is 2.39. The van der Waals surface area contributed by atoms with Crippen molar-refractivity contribution in [2.45, 2.75) is 6.92 Å². The lowest BCUT2D eigenvalue weighted by Crippen LogP contribution is -2.37. The molecule has 0 spiro atoms. The summed E-state index contributed by atoms with van der Waals surface area (Å²) < 4.78 is 5.59. The minimum atomic E-state index is -0.0907. The second-order valence-electron chi connectivity index (χ2n) is 8.20. The fourth-order valence-corrected chi connectivity index (χ4v) is 5.32. The van der Waals surface area contributed by atoms with Gasteiger partial charge in [-0.2, -0.15) is 5.10 Å². The molecule has 34 heavy (non-hydrogen) atoms. The molecule has 0 saturated carbocycles. The number of carbonyl (C=O) groups excluding carboxylic acids is 1. The molecule has 5 aromatic rings. The van der Waals surface area contributed by atoms with Gasteiger partial charge in [-0.05, 0) is 29.8 Å². The molecule has 0 aliphatic carbocycles. The Hall–Kier alpha value is -3.82. The largest absolute Gasteiger partial charge is 0.378 e. The molecule has 170 valence electrons. The standard InChI is InChI=1S/C25H22N6O2S/c1-15(32)27-17-5-2-4-16(12-17)22-13-19-24(31-8-10-33-11-9-31)28-23(29-25(19)34-22)18-6-3-7-21-20(18)14-26-30-21/h2-7,12-14H,8-11H2,1H3,(H,26,30)(H,27,32). The van der Waals surface area contributed by atoms with Crippen LogP contribution in [0, 0.1) is 0 Å². The number of hydrogen-bond acceptors (Lipinski definition) is 7. The van der Waals surface area contributed by atoms with Gasteiger partial charge in [0.05, 0.1) is 30.3 Å². The summed E-state index contributed by atoms with van der Waals surface area (Å²) in [6.07, 6.45) is 1.82. The summed E-state index contributed by atoms with van der Waals surface area (Å²) >= 11 is 1.63. The molecule has 8 nitrogen and oxygen atoms in total. The van der Waals surface area contributed by atoms with E-state index in [4.69, 9.17) is 14.7 Å². The number of H-pyrrole nitrogens is 1. The fraction of sp³-hybridized carbons (Fsp3) is 0.200. The SMILES string of the molecule is CC(=O)Nc1cccc(-c2cc3c(N4CCOCC4)nc(-c4cccc5[nH]ncc45)nc3s2)c1. The zero-order valence-electron chi connectivity index (χ0n) is 18.5. The number of aromatic amines is 1. The average Bonchev–Trinajstić information content (AvgIpc) is 3.51. The number of rotatable bonds is 4. The van der Waals surface area contributed by atoms with Crippen LogP contribution in [0.2, 0.25) is 0 Å². The zero-order valence-corrected chi connectivity index (χ0v) is 19.4. The third-order valence-corrected chi connectivity index (χ3v) is 6.95. The lowest BCUT2D eigenvalue weighted by atomic mass is 10.1. The van der Waals surface area contributed by atoms with Crippen LogP contribution in [0.15, 0.2) is 54.7 Å². The molecule has 6 rings (SSSR count). The van der Waals surface area contributed by atoms with Gasteiger partial charge in [-0.3, -0.25) is 9.89 Å². The Labute approximate surface area is 199 Å². The van der Waals surface area contributed by atoms with E-state index in [9.17, 15) is 4.79 Å². The normalized spacial score (nSPS) is 14.1. The Morgan fingerprint density at radius 2 is 1.94 bits per heavy atom. The molecule has 2 aromatic carbocycles. The van der Waals surface area contributed by atoms with Crippen molar-refractivity contribution in [2.24, 2.45) is 0 Å². The summed E-state index contributed by atoms with van der Waals surface area (Å²) in [5.74, 6) is 1.51. The van der Waals surface area contributed by atoms with Crippen molar-refractivity contribution in [1.29, 1.82) is 0 Å². The quantitative estimate of drug-likeness (QED) is 0.395. The van der Waals surface area contributed by atoms with Gasteiger partial charge in [0, 0.05) is 41.5 Å². The van der Waals surface area contributed by atoms with Gasteiger partial charge in [-0.25, -0.2) is 9.97 Å². The highest BCUT2D eigenvalue weighted by molar-refractivity contribution is 7.22. The number of fused-ring (bicyclic) bond motifs is 2. The molecule has 3 aromatic heterocycles. The van der Waals surface area contributed by atoms with Gasteiger partial charge < -0.3 is 15.0 Å². The summed E-state index contributed by atoms with van der Waals surface area (Å²) in [7, 11) is 0. The minimum Gasteiger partial charge on any atom is -0.378 e. The van der Waals surface area contributed by atoms with Crippen molar-refractivity contribution in [3.63, 3.8) is 0 Å². The van der Waals surface area contributed by atoms with Gasteiger partial charge >= 0.3 is 0 Å². The highest BCUT2D eigenvalue weighted by Gasteiger charge is 2.21. The summed E-state index contributed by atoms with van der Waals surface area (Å²) in [6.45, 7) is 4.43. The van der Waals surface area contributed by atoms with Crippen molar-refractivity contribution in [3.05, 3.63) is 54.7 Å². The van der Waals surface area contributed by atoms with Crippen LogP contribution in [0.3, 0.4) is 0 Å². The summed E-state index contributed by atoms with van der Waals surface area (Å²) in [5, 5.41) is 12.1. The number of ether oxygens (including phenoxy) is 1. The van der Waals surface area contributed by atoms with Gasteiger partial charge in [0.2, 0.25) is 5.91 Å². The molecule has 0 unspecified atom stereocenters. The van der Waals surface area contributed by atoms with E-state index in [-0.39, 0.29) is 5.91 Å². The van der Waals surface area contributed by atoms with E-state index >= 15 is 0 Å². The van der Waals surface area contributed by atoms with Gasteiger partial charge in [0.1, 0.15) is 10.6 Å². The van der Waals surface area contributed by atoms with Crippen LogP contribution >= 0.6 is 11.3 Å². The second-order valence-corrected chi connectivity index (χ2v) is 9.23. The van der Waals surface area contributed by atoms with Crippen molar-refractivity contribution in [2.75, 3.05) is 36.5 Å². The number of hydrogen-bond donors (Lipinski definition) is 2. The Balaban J connectivity index is 1.52. The van der Waals surface area contributed by atoms with Crippen molar-refractivity contribution in [1.82, 2.24) is 20.2 Å². The van der Waals surface area contributed by atoms with Crippen LogP contribution in [-0.2, 0) is 9.53 Å². The van der Waals surface area contributed by atoms with Crippen molar-refractivity contribution in [3.8, 4) is 21.8 Å². The average molecular weight is 471 g/mol. The van der Waals surface area contributed by atoms with E-state index in [1.54, 1.807) is 11.3 Å². The number of nitrogens with one attached hydrogen (secondary N) is 2. The fourth-order valence-electron chi connectivity index (χ4n) is 4.30. The number of nitrogens with zero attached hydrogens (tertiary/aromatic N) is 4. The van der Waals surface area contributed by atoms with Crippen LogP contribution in [0.4, 0.5) is 11.5 Å². The first-order valence-corrected chi connectivity index (χ1v) is 11.9. The topological polar surface area (TPSA) is 96.0 Å². The van der Waals surface area contributed by atoms with Crippen LogP contribution in [0.25, 0.3) is 42.9 Å². The summed E-state index contributed by atoms with van der Waals surface area (Å²) in [4.78, 5) is 25.8. The predicted octanol–water partition coefficient (Wildman–Crippen LogP) is 4.70. The molecule has 0 radical (unpaired) electrons. The van der Waals surface area contributed by atoms with Crippen molar-refractivity contribution < 1.29 is 9.53 Å². The maximum Gasteiger partial charge on any atom is 0.221 e. The molecular weight excluding hydrogens is 448 g/mol. The third kappa shape index (κ3) is 3.78. The molecular formula is C25H22N6O2S. The summed E-state index contributed by atoms with van der Waals surface area (Å²) in [6, 6.07) is 16.1. The smallest absolute Gasteiger partial charge is 0.221 e. The zero-order chi connectivity index (χ0) is 23.1. The first-order chi connectivity index (χ1) is 16.7. The number of aromatic nitrogens is 4. The van der Waals surface area contributed by atoms with Crippen LogP contribution < -0.4 is 10.2 Å². The Morgan fingerprint density at radius 3 is 2.79 bits per heavy atom. The Kier molecular flexibility index (Phi) is 5.20. The molecule has 0 atom stereocenters. The van der Waals surface area contributed by atoms with Gasteiger partial charge in [-0.15, -0.1) is 11.3 Å². The molecule has 2 N–H and O–H groups in total. The monoisotopic (exact) mass is 470 g/mol. The Bertz CT molecular complexity index is 1520. The van der Waals surface area contributed by atoms with Crippen LogP contribution in [-0.4, -0.2) is 52.4 Å². The summed E-state index contributed by atoms with van der Waals surface area (Å²) in [5.41, 5.74) is 3.70. The maximum atomic E-state index is 11.5. The number of anilines is 2. The first-order valence-electron chi connectivity index (χ1n) is 11.1. The lowest BCUT2D eigenvalue weighted by molar-refractivity contribution is -0.114. The molecule has 1 saturated heterocycles. The minimum absolute atomic E-state index is 0.0907. The van der Waals surface area contributed by atoms with E-state index in [1.807, 2.05) is 48.7 Å². The molecule has 1 fully saturated rings. The number of carbonyl (C=O) groups is 1. The predicted molar refractivity (Wildman–Crippen MR) is 135 cm³/mol. The Morgan fingerprint density at radius 1 is 1.09 bits per heavy atom. The molecule has 9 heteroatoms. The number of morpholine rings is 1. The van der Waals surface area contributed by atoms with E-state index in [0.29, 0.717) is 19.0 Å². The number of amides is 1. The van der Waals surface area contributed by atoms with Gasteiger partial charge in [0.15, 0.2) is 5.82 Å². The van der Waals surface area contributed by atoms with E-state index in [0.717, 1.165) is 61.7 Å². The molecule has 1 amide bonds.